The number of hydrogen-bond acceptors (Lipinski definition) is 4. The Kier molecular flexibility index (Phi) is 4.89. The largest absolute Gasteiger partial charge is 0.381 e. The Balaban J connectivity index is 2.12. The van der Waals surface area contributed by atoms with Gasteiger partial charge in [0.1, 0.15) is 6.07 Å². The molecule has 4 heteroatoms. The van der Waals surface area contributed by atoms with E-state index >= 15 is 0 Å². The molecule has 0 saturated carbocycles. The molecule has 1 aromatic carbocycles. The maximum Gasteiger partial charge on any atom is 0.102 e. The van der Waals surface area contributed by atoms with Gasteiger partial charge >= 0.3 is 0 Å². The van der Waals surface area contributed by atoms with Crippen LogP contribution in [-0.4, -0.2) is 12.3 Å². The fourth-order valence-corrected chi connectivity index (χ4v) is 3.39. The maximum absolute atomic E-state index is 9.30. The van der Waals surface area contributed by atoms with Crippen molar-refractivity contribution in [3.63, 3.8) is 0 Å². The van der Waals surface area contributed by atoms with E-state index in [1.165, 1.54) is 4.88 Å². The van der Waals surface area contributed by atoms with Crippen LogP contribution in [0.2, 0.25) is 0 Å². The number of thioether (sulfide) groups is 1. The molecule has 1 heterocycles. The highest BCUT2D eigenvalue weighted by atomic mass is 32.2. The second-order valence-electron chi connectivity index (χ2n) is 4.32. The predicted molar refractivity (Wildman–Crippen MR) is 84.0 cm³/mol. The summed E-state index contributed by atoms with van der Waals surface area (Å²) >= 11 is 3.38. The van der Waals surface area contributed by atoms with Crippen LogP contribution in [0.3, 0.4) is 0 Å². The second-order valence-corrected chi connectivity index (χ2v) is 6.20. The Labute approximate surface area is 122 Å². The molecule has 0 aliphatic heterocycles. The van der Waals surface area contributed by atoms with Crippen LogP contribution in [-0.2, 0) is 6.42 Å². The molecule has 1 unspecified atom stereocenters. The van der Waals surface area contributed by atoms with Crippen LogP contribution in [0.4, 0.5) is 5.69 Å². The van der Waals surface area contributed by atoms with Crippen LogP contribution < -0.4 is 5.32 Å². The van der Waals surface area contributed by atoms with Crippen LogP contribution in [0, 0.1) is 11.3 Å². The fourth-order valence-electron chi connectivity index (χ4n) is 1.98. The van der Waals surface area contributed by atoms with E-state index in [1.807, 2.05) is 24.5 Å². The number of anilines is 1. The third-order valence-electron chi connectivity index (χ3n) is 2.85. The average Bonchev–Trinajstić information content (AvgIpc) is 2.91. The number of hydrogen-bond donors (Lipinski definition) is 1. The van der Waals surface area contributed by atoms with Crippen LogP contribution in [0.5, 0.6) is 0 Å². The van der Waals surface area contributed by atoms with Crippen molar-refractivity contribution >= 4 is 28.8 Å². The van der Waals surface area contributed by atoms with Gasteiger partial charge in [-0.15, -0.1) is 23.1 Å². The van der Waals surface area contributed by atoms with Gasteiger partial charge in [-0.1, -0.05) is 12.1 Å². The fraction of sp³-hybridized carbons (Fsp3) is 0.267. The van der Waals surface area contributed by atoms with Crippen molar-refractivity contribution < 1.29 is 0 Å². The lowest BCUT2D eigenvalue weighted by molar-refractivity contribution is 0.799. The highest BCUT2D eigenvalue weighted by Gasteiger charge is 2.10. The number of nitrogens with one attached hydrogen (secondary N) is 1. The molecule has 2 aromatic rings. The summed E-state index contributed by atoms with van der Waals surface area (Å²) in [5.41, 5.74) is 1.67. The van der Waals surface area contributed by atoms with Gasteiger partial charge in [-0.25, -0.2) is 0 Å². The third-order valence-corrected chi connectivity index (χ3v) is 4.53. The lowest BCUT2D eigenvalue weighted by Gasteiger charge is -2.16. The number of thiophene rings is 1. The van der Waals surface area contributed by atoms with Gasteiger partial charge in [0, 0.05) is 22.2 Å². The monoisotopic (exact) mass is 288 g/mol. The quantitative estimate of drug-likeness (QED) is 0.829. The Morgan fingerprint density at radius 2 is 2.21 bits per heavy atom. The minimum atomic E-state index is 0.308. The number of benzene rings is 1. The molecule has 2 nitrogen and oxygen atoms in total. The van der Waals surface area contributed by atoms with Gasteiger partial charge in [0.2, 0.25) is 0 Å². The van der Waals surface area contributed by atoms with Gasteiger partial charge in [0.05, 0.1) is 11.3 Å². The highest BCUT2D eigenvalue weighted by Crippen LogP contribution is 2.27. The van der Waals surface area contributed by atoms with Crippen LogP contribution in [0.1, 0.15) is 17.4 Å². The van der Waals surface area contributed by atoms with Crippen LogP contribution in [0.15, 0.2) is 40.6 Å². The minimum absolute atomic E-state index is 0.308. The van der Waals surface area contributed by atoms with E-state index in [2.05, 4.69) is 35.8 Å². The second kappa shape index (κ2) is 6.65. The van der Waals surface area contributed by atoms with E-state index in [-0.39, 0.29) is 0 Å². The van der Waals surface area contributed by atoms with E-state index in [9.17, 15) is 5.26 Å². The molecular formula is C15H16N2S2. The Morgan fingerprint density at radius 1 is 1.37 bits per heavy atom. The first-order valence-corrected chi connectivity index (χ1v) is 8.21. The normalized spacial score (nSPS) is 11.8. The zero-order valence-electron chi connectivity index (χ0n) is 11.0. The van der Waals surface area contributed by atoms with Crippen molar-refractivity contribution in [3.05, 3.63) is 46.2 Å². The third kappa shape index (κ3) is 3.52. The molecule has 19 heavy (non-hydrogen) atoms. The lowest BCUT2D eigenvalue weighted by Crippen LogP contribution is -2.18. The summed E-state index contributed by atoms with van der Waals surface area (Å²) in [5.74, 6) is 0. The van der Waals surface area contributed by atoms with Crippen molar-refractivity contribution in [1.29, 1.82) is 5.26 Å². The van der Waals surface area contributed by atoms with E-state index in [0.29, 0.717) is 6.04 Å². The summed E-state index contributed by atoms with van der Waals surface area (Å²) in [5, 5.41) is 14.8. The predicted octanol–water partition coefficient (Wildman–Crippen LogP) is 4.38. The number of nitrogens with zero attached hydrogens (tertiary/aromatic N) is 1. The average molecular weight is 288 g/mol. The summed E-state index contributed by atoms with van der Waals surface area (Å²) in [4.78, 5) is 2.38. The summed E-state index contributed by atoms with van der Waals surface area (Å²) < 4.78 is 0. The zero-order valence-corrected chi connectivity index (χ0v) is 12.6. The van der Waals surface area contributed by atoms with Gasteiger partial charge in [-0.05, 0) is 36.8 Å². The molecular weight excluding hydrogens is 272 g/mol. The molecule has 2 rings (SSSR count). The summed E-state index contributed by atoms with van der Waals surface area (Å²) in [7, 11) is 0. The molecule has 0 amide bonds. The molecule has 0 aliphatic carbocycles. The van der Waals surface area contributed by atoms with E-state index in [4.69, 9.17) is 0 Å². The Morgan fingerprint density at radius 3 is 2.84 bits per heavy atom. The number of nitriles is 1. The highest BCUT2D eigenvalue weighted by molar-refractivity contribution is 7.98. The van der Waals surface area contributed by atoms with Gasteiger partial charge in [-0.2, -0.15) is 5.26 Å². The minimum Gasteiger partial charge on any atom is -0.381 e. The molecule has 0 bridgehead atoms. The van der Waals surface area contributed by atoms with Crippen molar-refractivity contribution in [1.82, 2.24) is 0 Å². The first-order valence-electron chi connectivity index (χ1n) is 6.10. The van der Waals surface area contributed by atoms with Gasteiger partial charge < -0.3 is 5.32 Å². The first-order chi connectivity index (χ1) is 9.24. The van der Waals surface area contributed by atoms with Crippen LogP contribution >= 0.6 is 23.1 Å². The zero-order chi connectivity index (χ0) is 13.7. The SMILES string of the molecule is CSc1cccc(NC(C)Cc2cccs2)c1C#N. The molecule has 98 valence electrons. The summed E-state index contributed by atoms with van der Waals surface area (Å²) in [6.45, 7) is 2.15. The summed E-state index contributed by atoms with van der Waals surface area (Å²) in [6.07, 6.45) is 2.97. The van der Waals surface area contributed by atoms with E-state index in [0.717, 1.165) is 22.6 Å². The van der Waals surface area contributed by atoms with E-state index in [1.54, 1.807) is 23.1 Å². The first kappa shape index (κ1) is 14.0. The maximum atomic E-state index is 9.30. The molecule has 1 aromatic heterocycles. The molecule has 0 fully saturated rings. The van der Waals surface area contributed by atoms with Gasteiger partial charge in [-0.3, -0.25) is 0 Å². The van der Waals surface area contributed by atoms with E-state index < -0.39 is 0 Å². The Bertz CT molecular complexity index is 570. The summed E-state index contributed by atoms with van der Waals surface area (Å²) in [6, 6.07) is 12.8. The standard InChI is InChI=1S/C15H16N2S2/c1-11(9-12-5-4-8-19-12)17-14-6-3-7-15(18-2)13(14)10-16/h3-8,11,17H,9H2,1-2H3. The van der Waals surface area contributed by atoms with Crippen LogP contribution in [0.25, 0.3) is 0 Å². The number of rotatable bonds is 5. The van der Waals surface area contributed by atoms with Crippen molar-refractivity contribution in [2.24, 2.45) is 0 Å². The molecule has 0 spiro atoms. The Hall–Kier alpha value is -1.44. The molecule has 0 aliphatic rings. The lowest BCUT2D eigenvalue weighted by atomic mass is 10.1. The topological polar surface area (TPSA) is 35.8 Å². The molecule has 0 radical (unpaired) electrons. The molecule has 1 N–H and O–H groups in total. The van der Waals surface area contributed by atoms with Gasteiger partial charge in [0.25, 0.3) is 0 Å². The molecule has 1 atom stereocenters. The van der Waals surface area contributed by atoms with Crippen molar-refractivity contribution in [2.45, 2.75) is 24.3 Å². The van der Waals surface area contributed by atoms with Gasteiger partial charge in [0.15, 0.2) is 0 Å². The molecule has 0 saturated heterocycles. The van der Waals surface area contributed by atoms with Crippen molar-refractivity contribution in [2.75, 3.05) is 11.6 Å². The smallest absolute Gasteiger partial charge is 0.102 e. The van der Waals surface area contributed by atoms with Crippen molar-refractivity contribution in [3.8, 4) is 6.07 Å².